The second-order valence-electron chi connectivity index (χ2n) is 6.99. The first-order valence-corrected chi connectivity index (χ1v) is 10.2. The van der Waals surface area contributed by atoms with E-state index in [4.69, 9.17) is 4.74 Å². The summed E-state index contributed by atoms with van der Waals surface area (Å²) in [7, 11) is 0. The van der Waals surface area contributed by atoms with Gasteiger partial charge in [-0.2, -0.15) is 0 Å². The van der Waals surface area contributed by atoms with Gasteiger partial charge >= 0.3 is 11.9 Å². The summed E-state index contributed by atoms with van der Waals surface area (Å²) in [6.45, 7) is 2.40. The number of hydrogen-bond donors (Lipinski definition) is 1. The quantitative estimate of drug-likeness (QED) is 0.235. The number of carboxylic acids is 1. The minimum Gasteiger partial charge on any atom is -0.481 e. The SMILES string of the molecule is CCCCCCCCCCC=CC(CC(=O)OCc1ccccc1)C(=O)O. The first kappa shape index (κ1) is 22.9. The number of rotatable bonds is 15. The van der Waals surface area contributed by atoms with E-state index in [1.807, 2.05) is 36.4 Å². The van der Waals surface area contributed by atoms with E-state index in [9.17, 15) is 14.7 Å². The monoisotopic (exact) mass is 374 g/mol. The van der Waals surface area contributed by atoms with Crippen molar-refractivity contribution in [3.8, 4) is 0 Å². The lowest BCUT2D eigenvalue weighted by molar-refractivity contribution is -0.151. The molecule has 1 rings (SSSR count). The van der Waals surface area contributed by atoms with Gasteiger partial charge in [-0.3, -0.25) is 9.59 Å². The summed E-state index contributed by atoms with van der Waals surface area (Å²) < 4.78 is 5.17. The summed E-state index contributed by atoms with van der Waals surface area (Å²) in [6, 6.07) is 9.37. The number of ether oxygens (including phenoxy) is 1. The summed E-state index contributed by atoms with van der Waals surface area (Å²) in [5.74, 6) is -2.29. The highest BCUT2D eigenvalue weighted by Gasteiger charge is 2.19. The molecule has 27 heavy (non-hydrogen) atoms. The number of benzene rings is 1. The average Bonchev–Trinajstić information content (AvgIpc) is 2.67. The molecule has 0 aliphatic heterocycles. The van der Waals surface area contributed by atoms with E-state index >= 15 is 0 Å². The highest BCUT2D eigenvalue weighted by Crippen LogP contribution is 2.12. The van der Waals surface area contributed by atoms with Crippen LogP contribution in [0.5, 0.6) is 0 Å². The van der Waals surface area contributed by atoms with Crippen LogP contribution in [0.2, 0.25) is 0 Å². The van der Waals surface area contributed by atoms with Crippen LogP contribution in [0.4, 0.5) is 0 Å². The molecular weight excluding hydrogens is 340 g/mol. The summed E-state index contributed by atoms with van der Waals surface area (Å²) in [5.41, 5.74) is 0.892. The number of esters is 1. The summed E-state index contributed by atoms with van der Waals surface area (Å²) in [6.07, 6.45) is 14.3. The Balaban J connectivity index is 2.19. The van der Waals surface area contributed by atoms with Crippen molar-refractivity contribution >= 4 is 11.9 Å². The van der Waals surface area contributed by atoms with Crippen molar-refractivity contribution in [2.45, 2.75) is 77.7 Å². The van der Waals surface area contributed by atoms with Crippen LogP contribution in [0, 0.1) is 5.92 Å². The maximum absolute atomic E-state index is 11.9. The van der Waals surface area contributed by atoms with Gasteiger partial charge in [0.25, 0.3) is 0 Å². The molecule has 0 saturated carbocycles. The molecule has 1 N–H and O–H groups in total. The first-order valence-electron chi connectivity index (χ1n) is 10.2. The molecule has 0 bridgehead atoms. The molecule has 0 radical (unpaired) electrons. The maximum Gasteiger partial charge on any atom is 0.310 e. The smallest absolute Gasteiger partial charge is 0.310 e. The van der Waals surface area contributed by atoms with Crippen LogP contribution < -0.4 is 0 Å². The Morgan fingerprint density at radius 3 is 2.26 bits per heavy atom. The van der Waals surface area contributed by atoms with Crippen LogP contribution in [0.3, 0.4) is 0 Å². The molecule has 1 atom stereocenters. The number of aliphatic carboxylic acids is 1. The molecule has 0 fully saturated rings. The standard InChI is InChI=1S/C23H34O4/c1-2-3-4-5-6-7-8-9-10-14-17-21(23(25)26)18-22(24)27-19-20-15-12-11-13-16-20/h11-17,21H,2-10,18-19H2,1H3,(H,25,26). The van der Waals surface area contributed by atoms with Crippen LogP contribution in [0.15, 0.2) is 42.5 Å². The fourth-order valence-electron chi connectivity index (χ4n) is 2.87. The van der Waals surface area contributed by atoms with E-state index in [-0.39, 0.29) is 13.0 Å². The third-order valence-electron chi connectivity index (χ3n) is 4.54. The Morgan fingerprint density at radius 1 is 1.00 bits per heavy atom. The predicted molar refractivity (Wildman–Crippen MR) is 108 cm³/mol. The number of carbonyl (C=O) groups excluding carboxylic acids is 1. The van der Waals surface area contributed by atoms with Gasteiger partial charge in [0.15, 0.2) is 0 Å². The highest BCUT2D eigenvalue weighted by molar-refractivity contribution is 5.80. The van der Waals surface area contributed by atoms with Crippen molar-refractivity contribution in [3.05, 3.63) is 48.0 Å². The van der Waals surface area contributed by atoms with E-state index in [0.29, 0.717) is 0 Å². The Bertz CT molecular complexity index is 551. The summed E-state index contributed by atoms with van der Waals surface area (Å²) in [5, 5.41) is 9.29. The molecule has 0 aromatic heterocycles. The molecule has 150 valence electrons. The molecule has 4 heteroatoms. The second kappa shape index (κ2) is 15.0. The van der Waals surface area contributed by atoms with Crippen LogP contribution in [0.25, 0.3) is 0 Å². The van der Waals surface area contributed by atoms with Gasteiger partial charge in [-0.1, -0.05) is 94.4 Å². The van der Waals surface area contributed by atoms with Gasteiger partial charge in [-0.05, 0) is 18.4 Å². The Kier molecular flexibility index (Phi) is 12.7. The van der Waals surface area contributed by atoms with Crippen molar-refractivity contribution in [1.82, 2.24) is 0 Å². The van der Waals surface area contributed by atoms with E-state index in [2.05, 4.69) is 6.92 Å². The van der Waals surface area contributed by atoms with Gasteiger partial charge < -0.3 is 9.84 Å². The minimum absolute atomic E-state index is 0.129. The predicted octanol–water partition coefficient (Wildman–Crippen LogP) is 5.91. The lowest BCUT2D eigenvalue weighted by atomic mass is 10.0. The maximum atomic E-state index is 11.9. The molecule has 1 aromatic rings. The van der Waals surface area contributed by atoms with Crippen molar-refractivity contribution in [2.24, 2.45) is 5.92 Å². The lowest BCUT2D eigenvalue weighted by Crippen LogP contribution is -2.17. The van der Waals surface area contributed by atoms with Gasteiger partial charge in [-0.25, -0.2) is 0 Å². The number of hydrogen-bond acceptors (Lipinski definition) is 3. The van der Waals surface area contributed by atoms with Crippen LogP contribution in [-0.4, -0.2) is 17.0 Å². The van der Waals surface area contributed by atoms with Gasteiger partial charge in [0.05, 0.1) is 12.3 Å². The van der Waals surface area contributed by atoms with Crippen LogP contribution in [0.1, 0.15) is 76.7 Å². The molecule has 0 spiro atoms. The third-order valence-corrected chi connectivity index (χ3v) is 4.54. The fourth-order valence-corrected chi connectivity index (χ4v) is 2.87. The summed E-state index contributed by atoms with van der Waals surface area (Å²) in [4.78, 5) is 23.2. The zero-order chi connectivity index (χ0) is 19.7. The molecule has 0 amide bonds. The second-order valence-corrected chi connectivity index (χ2v) is 6.99. The average molecular weight is 375 g/mol. The van der Waals surface area contributed by atoms with Gasteiger partial charge in [0.1, 0.15) is 6.61 Å². The molecule has 0 saturated heterocycles. The normalized spacial score (nSPS) is 12.2. The fraction of sp³-hybridized carbons (Fsp3) is 0.565. The molecular formula is C23H34O4. The van der Waals surface area contributed by atoms with Crippen molar-refractivity contribution in [3.63, 3.8) is 0 Å². The Hall–Kier alpha value is -2.10. The van der Waals surface area contributed by atoms with E-state index in [1.165, 1.54) is 44.9 Å². The molecule has 1 aromatic carbocycles. The van der Waals surface area contributed by atoms with E-state index in [0.717, 1.165) is 18.4 Å². The zero-order valence-electron chi connectivity index (χ0n) is 16.6. The van der Waals surface area contributed by atoms with E-state index < -0.39 is 17.9 Å². The molecule has 1 unspecified atom stereocenters. The number of carbonyl (C=O) groups is 2. The third kappa shape index (κ3) is 12.0. The molecule has 0 aliphatic rings. The Morgan fingerprint density at radius 2 is 1.63 bits per heavy atom. The van der Waals surface area contributed by atoms with Gasteiger partial charge in [0.2, 0.25) is 0 Å². The van der Waals surface area contributed by atoms with E-state index in [1.54, 1.807) is 6.08 Å². The Labute approximate surface area is 163 Å². The highest BCUT2D eigenvalue weighted by atomic mass is 16.5. The largest absolute Gasteiger partial charge is 0.481 e. The summed E-state index contributed by atoms with van der Waals surface area (Å²) >= 11 is 0. The van der Waals surface area contributed by atoms with Crippen LogP contribution >= 0.6 is 0 Å². The first-order chi connectivity index (χ1) is 13.1. The number of allylic oxidation sites excluding steroid dienone is 1. The lowest BCUT2D eigenvalue weighted by Gasteiger charge is -2.08. The van der Waals surface area contributed by atoms with Gasteiger partial charge in [-0.15, -0.1) is 0 Å². The van der Waals surface area contributed by atoms with Crippen molar-refractivity contribution in [2.75, 3.05) is 0 Å². The van der Waals surface area contributed by atoms with Crippen LogP contribution in [-0.2, 0) is 20.9 Å². The minimum atomic E-state index is -0.987. The molecule has 4 nitrogen and oxygen atoms in total. The van der Waals surface area contributed by atoms with Crippen molar-refractivity contribution < 1.29 is 19.4 Å². The zero-order valence-corrected chi connectivity index (χ0v) is 16.6. The number of unbranched alkanes of at least 4 members (excludes halogenated alkanes) is 8. The van der Waals surface area contributed by atoms with Gasteiger partial charge in [0, 0.05) is 0 Å². The van der Waals surface area contributed by atoms with Crippen molar-refractivity contribution in [1.29, 1.82) is 0 Å². The number of carboxylic acid groups (broad SMARTS) is 1. The molecule has 0 heterocycles. The topological polar surface area (TPSA) is 63.6 Å². The molecule has 0 aliphatic carbocycles.